The summed E-state index contributed by atoms with van der Waals surface area (Å²) in [5.41, 5.74) is 5.51. The molecule has 0 fully saturated rings. The first-order valence-electron chi connectivity index (χ1n) is 21.5. The number of anilines is 3. The van der Waals surface area contributed by atoms with Crippen LogP contribution in [-0.2, 0) is 0 Å². The van der Waals surface area contributed by atoms with E-state index in [9.17, 15) is 5.48 Å². The van der Waals surface area contributed by atoms with Gasteiger partial charge >= 0.3 is 0 Å². The number of hydrogen-bond acceptors (Lipinski definition) is 2. The lowest BCUT2D eigenvalue weighted by molar-refractivity contribution is 0.672. The van der Waals surface area contributed by atoms with Crippen LogP contribution in [-0.4, -0.2) is 0 Å². The van der Waals surface area contributed by atoms with Crippen LogP contribution >= 0.6 is 0 Å². The first-order valence-corrected chi connectivity index (χ1v) is 17.0. The molecule has 0 aliphatic heterocycles. The number of fused-ring (bicyclic) bond motifs is 6. The van der Waals surface area contributed by atoms with Gasteiger partial charge in [0.25, 0.3) is 0 Å². The second-order valence-electron chi connectivity index (χ2n) is 12.6. The van der Waals surface area contributed by atoms with Crippen LogP contribution in [0.4, 0.5) is 17.1 Å². The van der Waals surface area contributed by atoms with Crippen LogP contribution in [0.1, 0.15) is 12.3 Å². The van der Waals surface area contributed by atoms with Crippen LogP contribution in [0.15, 0.2) is 204 Å². The molecule has 1 heterocycles. The molecule has 10 aromatic rings. The molecule has 2 heteroatoms. The highest BCUT2D eigenvalue weighted by molar-refractivity contribution is 6.19. The molecule has 1 aromatic heterocycles. The van der Waals surface area contributed by atoms with Crippen molar-refractivity contribution in [2.75, 3.05) is 4.90 Å². The van der Waals surface area contributed by atoms with E-state index < -0.39 is 59.9 Å². The molecule has 0 aliphatic rings. The second-order valence-corrected chi connectivity index (χ2v) is 12.6. The van der Waals surface area contributed by atoms with Crippen molar-refractivity contribution < 1.29 is 16.8 Å². The van der Waals surface area contributed by atoms with Gasteiger partial charge < -0.3 is 9.32 Å². The van der Waals surface area contributed by atoms with Crippen LogP contribution in [0, 0.1) is 0 Å². The first-order chi connectivity index (χ1) is 29.5. The van der Waals surface area contributed by atoms with Crippen molar-refractivity contribution >= 4 is 60.5 Å². The van der Waals surface area contributed by atoms with Gasteiger partial charge in [-0.25, -0.2) is 0 Å². The zero-order chi connectivity index (χ0) is 42.3. The maximum absolute atomic E-state index is 9.51. The summed E-state index contributed by atoms with van der Waals surface area (Å²) in [6.45, 7) is 0. The Labute approximate surface area is 315 Å². The molecular formula is C50H33NO. The third kappa shape index (κ3) is 5.12. The fourth-order valence-electron chi connectivity index (χ4n) is 7.17. The third-order valence-corrected chi connectivity index (χ3v) is 9.61. The fraction of sp³-hybridized carbons (Fsp3) is 0. The summed E-state index contributed by atoms with van der Waals surface area (Å²) in [5, 5.41) is 5.70. The standard InChI is InChI=1S/C50H33NO/c1-2-11-34(12-3-1)35-23-28-41(29-24-35)51(47-21-10-22-48-49(47)46-32-27-38-14-5-7-19-45(38)50(46)52-48)42-30-25-36(26-31-42)39-16-8-17-40(33-39)44-20-9-15-37-13-4-6-18-43(37)44/h1-33H/i1D,2D,3D,11D,12D,23D,24D,28D,29D. The minimum absolute atomic E-state index is 0.0838. The molecule has 0 radical (unpaired) electrons. The Kier molecular flexibility index (Phi) is 5.28. The zero-order valence-corrected chi connectivity index (χ0v) is 27.7. The van der Waals surface area contributed by atoms with E-state index in [4.69, 9.17) is 11.3 Å². The maximum Gasteiger partial charge on any atom is 0.143 e. The Morgan fingerprint density at radius 2 is 1.10 bits per heavy atom. The average molecular weight is 673 g/mol. The summed E-state index contributed by atoms with van der Waals surface area (Å²) < 4.78 is 86.0. The van der Waals surface area contributed by atoms with E-state index in [2.05, 4.69) is 42.5 Å². The van der Waals surface area contributed by atoms with Crippen molar-refractivity contribution in [3.05, 3.63) is 200 Å². The van der Waals surface area contributed by atoms with Gasteiger partial charge in [0.2, 0.25) is 0 Å². The van der Waals surface area contributed by atoms with E-state index in [1.807, 2.05) is 103 Å². The Balaban J connectivity index is 1.19. The van der Waals surface area contributed by atoms with Crippen LogP contribution in [0.3, 0.4) is 0 Å². The summed E-state index contributed by atoms with van der Waals surface area (Å²) in [6.07, 6.45) is 0. The number of furan rings is 1. The molecule has 0 bridgehead atoms. The topological polar surface area (TPSA) is 16.4 Å². The molecule has 0 unspecified atom stereocenters. The summed E-state index contributed by atoms with van der Waals surface area (Å²) in [5.74, 6) is 0. The van der Waals surface area contributed by atoms with Crippen molar-refractivity contribution in [1.29, 1.82) is 0 Å². The first kappa shape index (κ1) is 22.0. The van der Waals surface area contributed by atoms with Gasteiger partial charge in [-0.05, 0) is 98.0 Å². The Morgan fingerprint density at radius 1 is 0.423 bits per heavy atom. The molecule has 10 rings (SSSR count). The molecular weight excluding hydrogens is 631 g/mol. The van der Waals surface area contributed by atoms with Gasteiger partial charge in [0, 0.05) is 22.1 Å². The van der Waals surface area contributed by atoms with Crippen LogP contribution in [0.2, 0.25) is 0 Å². The monoisotopic (exact) mass is 672 g/mol. The van der Waals surface area contributed by atoms with E-state index in [-0.39, 0.29) is 11.3 Å². The predicted octanol–water partition coefficient (Wildman–Crippen LogP) is 14.4. The van der Waals surface area contributed by atoms with Gasteiger partial charge in [0.05, 0.1) is 23.4 Å². The highest BCUT2D eigenvalue weighted by atomic mass is 16.3. The van der Waals surface area contributed by atoms with Crippen LogP contribution in [0.25, 0.3) is 76.9 Å². The third-order valence-electron chi connectivity index (χ3n) is 9.61. The van der Waals surface area contributed by atoms with Gasteiger partial charge in [0.15, 0.2) is 0 Å². The molecule has 244 valence electrons. The lowest BCUT2D eigenvalue weighted by Crippen LogP contribution is -2.10. The summed E-state index contributed by atoms with van der Waals surface area (Å²) >= 11 is 0. The van der Waals surface area contributed by atoms with Gasteiger partial charge in [-0.3, -0.25) is 0 Å². The number of rotatable bonds is 6. The van der Waals surface area contributed by atoms with Crippen molar-refractivity contribution in [2.45, 2.75) is 0 Å². The zero-order valence-electron chi connectivity index (χ0n) is 36.7. The van der Waals surface area contributed by atoms with Gasteiger partial charge in [-0.1, -0.05) is 151 Å². The quantitative estimate of drug-likeness (QED) is 0.175. The van der Waals surface area contributed by atoms with E-state index in [1.54, 1.807) is 4.90 Å². The Morgan fingerprint density at radius 3 is 1.92 bits per heavy atom. The Hall–Kier alpha value is -6.90. The van der Waals surface area contributed by atoms with Crippen molar-refractivity contribution in [3.8, 4) is 33.4 Å². The molecule has 0 saturated carbocycles. The number of benzene rings is 9. The molecule has 0 N–H and O–H groups in total. The number of nitrogens with zero attached hydrogens (tertiary/aromatic N) is 1. The molecule has 0 amide bonds. The molecule has 0 spiro atoms. The summed E-state index contributed by atoms with van der Waals surface area (Å²) in [6, 6.07) is 42.9. The van der Waals surface area contributed by atoms with Crippen molar-refractivity contribution in [1.82, 2.24) is 0 Å². The lowest BCUT2D eigenvalue weighted by atomic mass is 9.95. The van der Waals surface area contributed by atoms with Crippen molar-refractivity contribution in [3.63, 3.8) is 0 Å². The Bertz CT molecular complexity index is 3370. The molecule has 9 aromatic carbocycles. The smallest absolute Gasteiger partial charge is 0.143 e. The molecule has 0 saturated heterocycles. The summed E-state index contributed by atoms with van der Waals surface area (Å²) in [4.78, 5) is 1.69. The molecule has 0 atom stereocenters. The predicted molar refractivity (Wildman–Crippen MR) is 220 cm³/mol. The maximum atomic E-state index is 9.51. The van der Waals surface area contributed by atoms with Crippen molar-refractivity contribution in [2.24, 2.45) is 0 Å². The van der Waals surface area contributed by atoms with E-state index in [1.165, 1.54) is 0 Å². The largest absolute Gasteiger partial charge is 0.455 e. The van der Waals surface area contributed by atoms with Gasteiger partial charge in [0.1, 0.15) is 11.2 Å². The lowest BCUT2D eigenvalue weighted by Gasteiger charge is -2.26. The average Bonchev–Trinajstić information content (AvgIpc) is 3.69. The van der Waals surface area contributed by atoms with Crippen LogP contribution < -0.4 is 4.90 Å². The fourth-order valence-corrected chi connectivity index (χ4v) is 7.17. The van der Waals surface area contributed by atoms with Crippen LogP contribution in [0.5, 0.6) is 0 Å². The molecule has 0 aliphatic carbocycles. The normalized spacial score (nSPS) is 13.9. The SMILES string of the molecule is [2H]c1c([2H])c([2H])c(-c2c([2H])c([2H])c(N(c3ccc(-c4cccc(-c5cccc6ccccc56)c4)cc3)c3cccc4oc5c6ccccc6ccc5c34)c([2H])c2[2H])c([2H])c1[2H]. The highest BCUT2D eigenvalue weighted by Gasteiger charge is 2.20. The minimum atomic E-state index is -0.632. The van der Waals surface area contributed by atoms with E-state index in [0.717, 1.165) is 49.2 Å². The molecule has 52 heavy (non-hydrogen) atoms. The van der Waals surface area contributed by atoms with E-state index >= 15 is 0 Å². The number of hydrogen-bond donors (Lipinski definition) is 0. The minimum Gasteiger partial charge on any atom is -0.455 e. The molecule has 2 nitrogen and oxygen atoms in total. The second kappa shape index (κ2) is 12.5. The van der Waals surface area contributed by atoms with Gasteiger partial charge in [-0.15, -0.1) is 0 Å². The van der Waals surface area contributed by atoms with E-state index in [0.29, 0.717) is 27.9 Å². The summed E-state index contributed by atoms with van der Waals surface area (Å²) in [7, 11) is 0. The van der Waals surface area contributed by atoms with Gasteiger partial charge in [-0.2, -0.15) is 0 Å². The highest BCUT2D eigenvalue weighted by Crippen LogP contribution is 2.45.